The molecule has 0 fully saturated rings. The summed E-state index contributed by atoms with van der Waals surface area (Å²) in [5, 5.41) is 0. The van der Waals surface area contributed by atoms with Gasteiger partial charge in [-0.3, -0.25) is 4.79 Å². The molecular weight excluding hydrogens is 188 g/mol. The molecule has 0 bridgehead atoms. The third-order valence-corrected chi connectivity index (χ3v) is 2.38. The lowest BCUT2D eigenvalue weighted by Crippen LogP contribution is -2.19. The summed E-state index contributed by atoms with van der Waals surface area (Å²) in [5.41, 5.74) is 0. The first kappa shape index (κ1) is 12.5. The minimum Gasteiger partial charge on any atom is -0.469 e. The van der Waals surface area contributed by atoms with Crippen LogP contribution in [-0.2, 0) is 14.3 Å². The van der Waals surface area contributed by atoms with E-state index in [-0.39, 0.29) is 17.7 Å². The van der Waals surface area contributed by atoms with E-state index in [1.807, 2.05) is 6.26 Å². The molecule has 1 atom stereocenters. The largest absolute Gasteiger partial charge is 0.469 e. The highest BCUT2D eigenvalue weighted by molar-refractivity contribution is 7.98. The van der Waals surface area contributed by atoms with Gasteiger partial charge in [0.25, 0.3) is 0 Å². The van der Waals surface area contributed by atoms with E-state index in [1.165, 1.54) is 14.0 Å². The number of thioether (sulfide) groups is 1. The standard InChI is InChI=1S/C9H16O3S/c1-7(10)6-8(4-5-13-3)9(11)12-2/h8H,4-6H2,1-3H3/t8-/m1/s1. The average Bonchev–Trinajstić information content (AvgIpc) is 2.10. The Kier molecular flexibility index (Phi) is 6.68. The molecule has 0 unspecified atom stereocenters. The molecule has 0 spiro atoms. The molecule has 0 aliphatic carbocycles. The van der Waals surface area contributed by atoms with Gasteiger partial charge in [0.2, 0.25) is 0 Å². The van der Waals surface area contributed by atoms with Crippen LogP contribution in [0.5, 0.6) is 0 Å². The second-order valence-corrected chi connectivity index (χ2v) is 3.89. The minimum atomic E-state index is -0.274. The fraction of sp³-hybridized carbons (Fsp3) is 0.778. The Balaban J connectivity index is 4.02. The topological polar surface area (TPSA) is 43.4 Å². The number of methoxy groups -OCH3 is 1. The Morgan fingerprint density at radius 3 is 2.46 bits per heavy atom. The van der Waals surface area contributed by atoms with Gasteiger partial charge < -0.3 is 9.53 Å². The molecule has 0 saturated carbocycles. The molecule has 3 nitrogen and oxygen atoms in total. The van der Waals surface area contributed by atoms with Crippen LogP contribution in [0.25, 0.3) is 0 Å². The van der Waals surface area contributed by atoms with Gasteiger partial charge in [-0.15, -0.1) is 0 Å². The number of hydrogen-bond acceptors (Lipinski definition) is 4. The van der Waals surface area contributed by atoms with E-state index in [0.29, 0.717) is 12.8 Å². The van der Waals surface area contributed by atoms with Crippen LogP contribution in [0.3, 0.4) is 0 Å². The molecule has 0 aromatic rings. The Bertz CT molecular complexity index is 180. The van der Waals surface area contributed by atoms with Crippen LogP contribution in [-0.4, -0.2) is 30.9 Å². The molecule has 4 heteroatoms. The Morgan fingerprint density at radius 1 is 1.46 bits per heavy atom. The molecule has 0 heterocycles. The number of carbonyl (C=O) groups is 2. The van der Waals surface area contributed by atoms with Crippen molar-refractivity contribution in [2.24, 2.45) is 5.92 Å². The highest BCUT2D eigenvalue weighted by Crippen LogP contribution is 2.14. The van der Waals surface area contributed by atoms with Crippen molar-refractivity contribution in [3.8, 4) is 0 Å². The lowest BCUT2D eigenvalue weighted by atomic mass is 10.0. The maximum absolute atomic E-state index is 11.2. The van der Waals surface area contributed by atoms with Crippen molar-refractivity contribution in [2.45, 2.75) is 19.8 Å². The monoisotopic (exact) mass is 204 g/mol. The molecular formula is C9H16O3S. The predicted molar refractivity (Wildman–Crippen MR) is 53.8 cm³/mol. The lowest BCUT2D eigenvalue weighted by molar-refractivity contribution is -0.147. The third kappa shape index (κ3) is 5.69. The van der Waals surface area contributed by atoms with Crippen LogP contribution < -0.4 is 0 Å². The van der Waals surface area contributed by atoms with Gasteiger partial charge >= 0.3 is 5.97 Å². The number of rotatable bonds is 6. The number of Topliss-reactive ketones (excluding diaryl/α,β-unsaturated/α-hetero) is 1. The molecule has 13 heavy (non-hydrogen) atoms. The summed E-state index contributed by atoms with van der Waals surface area (Å²) in [6, 6.07) is 0. The number of carbonyl (C=O) groups excluding carboxylic acids is 2. The summed E-state index contributed by atoms with van der Waals surface area (Å²) in [5.74, 6) is 0.392. The molecule has 0 radical (unpaired) electrons. The molecule has 0 aromatic carbocycles. The molecule has 0 aromatic heterocycles. The first-order valence-electron chi connectivity index (χ1n) is 4.18. The summed E-state index contributed by atoms with van der Waals surface area (Å²) >= 11 is 1.67. The van der Waals surface area contributed by atoms with Crippen LogP contribution in [0, 0.1) is 5.92 Å². The molecule has 0 amide bonds. The fourth-order valence-corrected chi connectivity index (χ4v) is 1.60. The Morgan fingerprint density at radius 2 is 2.08 bits per heavy atom. The van der Waals surface area contributed by atoms with E-state index in [4.69, 9.17) is 0 Å². The van der Waals surface area contributed by atoms with Crippen molar-refractivity contribution in [3.05, 3.63) is 0 Å². The lowest BCUT2D eigenvalue weighted by Gasteiger charge is -2.11. The van der Waals surface area contributed by atoms with E-state index < -0.39 is 0 Å². The highest BCUT2D eigenvalue weighted by atomic mass is 32.2. The predicted octanol–water partition coefficient (Wildman–Crippen LogP) is 1.51. The van der Waals surface area contributed by atoms with Gasteiger partial charge in [-0.1, -0.05) is 0 Å². The first-order chi connectivity index (χ1) is 6.11. The third-order valence-electron chi connectivity index (χ3n) is 1.74. The summed E-state index contributed by atoms with van der Waals surface area (Å²) < 4.78 is 4.61. The fourth-order valence-electron chi connectivity index (χ4n) is 1.08. The van der Waals surface area contributed by atoms with Gasteiger partial charge in [0.1, 0.15) is 5.78 Å². The van der Waals surface area contributed by atoms with Crippen LogP contribution in [0.2, 0.25) is 0 Å². The van der Waals surface area contributed by atoms with Crippen molar-refractivity contribution in [3.63, 3.8) is 0 Å². The van der Waals surface area contributed by atoms with Gasteiger partial charge in [0, 0.05) is 6.42 Å². The molecule has 0 aliphatic heterocycles. The van der Waals surface area contributed by atoms with Crippen molar-refractivity contribution < 1.29 is 14.3 Å². The van der Waals surface area contributed by atoms with Crippen LogP contribution >= 0.6 is 11.8 Å². The molecule has 0 rings (SSSR count). The zero-order valence-corrected chi connectivity index (χ0v) is 9.15. The zero-order valence-electron chi connectivity index (χ0n) is 8.33. The van der Waals surface area contributed by atoms with Crippen LogP contribution in [0.4, 0.5) is 0 Å². The summed E-state index contributed by atoms with van der Waals surface area (Å²) in [4.78, 5) is 22.0. The second kappa shape index (κ2) is 6.95. The van der Waals surface area contributed by atoms with Crippen LogP contribution in [0.15, 0.2) is 0 Å². The van der Waals surface area contributed by atoms with Gasteiger partial charge in [-0.2, -0.15) is 11.8 Å². The van der Waals surface area contributed by atoms with E-state index in [9.17, 15) is 9.59 Å². The number of ketones is 1. The summed E-state index contributed by atoms with van der Waals surface area (Å²) in [7, 11) is 1.36. The van der Waals surface area contributed by atoms with Crippen molar-refractivity contribution in [1.82, 2.24) is 0 Å². The summed E-state index contributed by atoms with van der Waals surface area (Å²) in [6.07, 6.45) is 2.99. The normalized spacial score (nSPS) is 12.2. The van der Waals surface area contributed by atoms with E-state index in [2.05, 4.69) is 4.74 Å². The van der Waals surface area contributed by atoms with E-state index in [0.717, 1.165) is 5.75 Å². The van der Waals surface area contributed by atoms with Crippen molar-refractivity contribution in [2.75, 3.05) is 19.1 Å². The summed E-state index contributed by atoms with van der Waals surface area (Å²) in [6.45, 7) is 1.50. The highest BCUT2D eigenvalue weighted by Gasteiger charge is 2.20. The van der Waals surface area contributed by atoms with Crippen molar-refractivity contribution in [1.29, 1.82) is 0 Å². The maximum atomic E-state index is 11.2. The molecule has 76 valence electrons. The van der Waals surface area contributed by atoms with E-state index in [1.54, 1.807) is 11.8 Å². The average molecular weight is 204 g/mol. The quantitative estimate of drug-likeness (QED) is 0.615. The Labute approximate surface area is 83.2 Å². The smallest absolute Gasteiger partial charge is 0.309 e. The number of hydrogen-bond donors (Lipinski definition) is 0. The van der Waals surface area contributed by atoms with Crippen molar-refractivity contribution >= 4 is 23.5 Å². The van der Waals surface area contributed by atoms with Gasteiger partial charge in [0.05, 0.1) is 13.0 Å². The van der Waals surface area contributed by atoms with Gasteiger partial charge in [-0.25, -0.2) is 0 Å². The number of ether oxygens (including phenoxy) is 1. The van der Waals surface area contributed by atoms with Gasteiger partial charge in [-0.05, 0) is 25.4 Å². The number of esters is 1. The second-order valence-electron chi connectivity index (χ2n) is 2.91. The molecule has 0 aliphatic rings. The van der Waals surface area contributed by atoms with Gasteiger partial charge in [0.15, 0.2) is 0 Å². The molecule has 0 N–H and O–H groups in total. The van der Waals surface area contributed by atoms with Crippen LogP contribution in [0.1, 0.15) is 19.8 Å². The van der Waals surface area contributed by atoms with E-state index >= 15 is 0 Å². The molecule has 0 saturated heterocycles. The minimum absolute atomic E-state index is 0.0384. The SMILES string of the molecule is COC(=O)[C@H](CCSC)CC(C)=O. The first-order valence-corrected chi connectivity index (χ1v) is 5.57. The Hall–Kier alpha value is -0.510. The zero-order chi connectivity index (χ0) is 10.3. The maximum Gasteiger partial charge on any atom is 0.309 e.